The van der Waals surface area contributed by atoms with Crippen LogP contribution in [0.1, 0.15) is 41.1 Å². The molecule has 1 unspecified atom stereocenters. The van der Waals surface area contributed by atoms with Gasteiger partial charge >= 0.3 is 6.03 Å². The van der Waals surface area contributed by atoms with E-state index in [2.05, 4.69) is 10.5 Å². The Hall–Kier alpha value is -3.90. The van der Waals surface area contributed by atoms with Crippen molar-refractivity contribution in [3.63, 3.8) is 0 Å². The summed E-state index contributed by atoms with van der Waals surface area (Å²) in [6.07, 6.45) is 0. The number of halogens is 1. The van der Waals surface area contributed by atoms with E-state index in [1.165, 1.54) is 0 Å². The van der Waals surface area contributed by atoms with E-state index in [1.807, 2.05) is 93.6 Å². The maximum atomic E-state index is 13.3. The minimum absolute atomic E-state index is 0.213. The molecule has 1 aromatic heterocycles. The minimum Gasteiger partial charge on any atom is -0.334 e. The lowest BCUT2D eigenvalue weighted by Gasteiger charge is -2.35. The Kier molecular flexibility index (Phi) is 6.14. The van der Waals surface area contributed by atoms with Gasteiger partial charge in [0.25, 0.3) is 5.89 Å². The Balaban J connectivity index is 1.61. The highest BCUT2D eigenvalue weighted by atomic mass is 35.5. The lowest BCUT2D eigenvalue weighted by Crippen LogP contribution is -2.45. The highest BCUT2D eigenvalue weighted by Crippen LogP contribution is 2.38. The van der Waals surface area contributed by atoms with Crippen molar-refractivity contribution >= 4 is 23.2 Å². The van der Waals surface area contributed by atoms with Gasteiger partial charge in [-0.2, -0.15) is 4.98 Å². The van der Waals surface area contributed by atoms with E-state index in [-0.39, 0.29) is 6.03 Å². The first-order valence-corrected chi connectivity index (χ1v) is 11.8. The third kappa shape index (κ3) is 4.57. The predicted octanol–water partition coefficient (Wildman–Crippen LogP) is 6.70. The van der Waals surface area contributed by atoms with Crippen molar-refractivity contribution in [1.29, 1.82) is 0 Å². The molecule has 4 aromatic rings. The monoisotopic (exact) mass is 484 g/mol. The number of rotatable bonds is 5. The fourth-order valence-corrected chi connectivity index (χ4v) is 4.48. The van der Waals surface area contributed by atoms with E-state index in [0.29, 0.717) is 23.3 Å². The number of nitrogens with one attached hydrogen (secondary N) is 1. The molecule has 5 rings (SSSR count). The van der Waals surface area contributed by atoms with Crippen molar-refractivity contribution in [1.82, 2.24) is 20.4 Å². The molecule has 176 valence electrons. The third-order valence-corrected chi connectivity index (χ3v) is 6.59. The summed E-state index contributed by atoms with van der Waals surface area (Å²) >= 11 is 6.40. The largest absolute Gasteiger partial charge is 0.334 e. The molecule has 35 heavy (non-hydrogen) atoms. The van der Waals surface area contributed by atoms with Crippen molar-refractivity contribution in [3.05, 3.63) is 112 Å². The topological polar surface area (TPSA) is 71.3 Å². The van der Waals surface area contributed by atoms with Gasteiger partial charge in [-0.25, -0.2) is 4.79 Å². The van der Waals surface area contributed by atoms with Crippen LogP contribution in [-0.2, 0) is 6.54 Å². The Morgan fingerprint density at radius 2 is 1.74 bits per heavy atom. The number of aryl methyl sites for hydroxylation is 2. The Bertz CT molecular complexity index is 1420. The number of hydrogen-bond acceptors (Lipinski definition) is 4. The first-order chi connectivity index (χ1) is 16.9. The fourth-order valence-electron chi connectivity index (χ4n) is 4.29. The molecule has 6 nitrogen and oxygen atoms in total. The van der Waals surface area contributed by atoms with E-state index < -0.39 is 6.04 Å². The van der Waals surface area contributed by atoms with Crippen molar-refractivity contribution < 1.29 is 9.32 Å². The smallest absolute Gasteiger partial charge is 0.322 e. The molecule has 0 spiro atoms. The number of aromatic nitrogens is 2. The highest BCUT2D eigenvalue weighted by Gasteiger charge is 2.36. The van der Waals surface area contributed by atoms with Gasteiger partial charge in [-0.1, -0.05) is 88.5 Å². The second-order valence-corrected chi connectivity index (χ2v) is 9.17. The van der Waals surface area contributed by atoms with Crippen LogP contribution in [0, 0.1) is 13.8 Å². The van der Waals surface area contributed by atoms with Crippen LogP contribution in [0.3, 0.4) is 0 Å². The summed E-state index contributed by atoms with van der Waals surface area (Å²) in [4.78, 5) is 19.7. The van der Waals surface area contributed by atoms with Crippen LogP contribution in [0.15, 0.2) is 83.0 Å². The molecular formula is C28H25ClN4O2. The fraction of sp³-hybridized carbons (Fsp3) is 0.179. The summed E-state index contributed by atoms with van der Waals surface area (Å²) in [6, 6.07) is 22.9. The van der Waals surface area contributed by atoms with E-state index >= 15 is 0 Å². The molecule has 3 aromatic carbocycles. The molecule has 0 aliphatic carbocycles. The maximum Gasteiger partial charge on any atom is 0.322 e. The van der Waals surface area contributed by atoms with Gasteiger partial charge in [0.1, 0.15) is 0 Å². The summed E-state index contributed by atoms with van der Waals surface area (Å²) < 4.78 is 5.78. The summed E-state index contributed by atoms with van der Waals surface area (Å²) in [5, 5.41) is 7.99. The van der Waals surface area contributed by atoms with E-state index in [9.17, 15) is 4.79 Å². The maximum absolute atomic E-state index is 13.3. The molecule has 0 fully saturated rings. The molecule has 7 heteroatoms. The van der Waals surface area contributed by atoms with Crippen molar-refractivity contribution in [2.45, 2.75) is 33.4 Å². The van der Waals surface area contributed by atoms with Gasteiger partial charge in [-0.15, -0.1) is 0 Å². The highest BCUT2D eigenvalue weighted by molar-refractivity contribution is 6.31. The summed E-state index contributed by atoms with van der Waals surface area (Å²) in [7, 11) is 0. The molecule has 0 saturated heterocycles. The zero-order valence-corrected chi connectivity index (χ0v) is 20.5. The van der Waals surface area contributed by atoms with Crippen LogP contribution in [0.4, 0.5) is 4.79 Å². The van der Waals surface area contributed by atoms with Gasteiger partial charge in [0, 0.05) is 16.3 Å². The number of allylic oxidation sites excluding steroid dienone is 1. The standard InChI is InChI=1S/C28H25ClN4O2/c1-17-11-13-20(14-12-17)25-24(27-31-26(32-35-27)21-9-6-7-18(2)15-21)19(3)33(28(34)30-25)16-22-8-4-5-10-23(22)29/h4-15,25H,16H2,1-3H3,(H,30,34). The van der Waals surface area contributed by atoms with E-state index in [1.54, 1.807) is 4.90 Å². The lowest BCUT2D eigenvalue weighted by atomic mass is 9.94. The molecule has 2 amide bonds. The van der Waals surface area contributed by atoms with Crippen LogP contribution in [0.25, 0.3) is 17.0 Å². The molecule has 2 heterocycles. The number of carbonyl (C=O) groups excluding carboxylic acids is 1. The quantitative estimate of drug-likeness (QED) is 0.342. The number of carbonyl (C=O) groups is 1. The van der Waals surface area contributed by atoms with Crippen LogP contribution in [0.5, 0.6) is 0 Å². The molecule has 0 bridgehead atoms. The second-order valence-electron chi connectivity index (χ2n) is 8.76. The van der Waals surface area contributed by atoms with Gasteiger partial charge in [0.2, 0.25) is 5.82 Å². The minimum atomic E-state index is -0.434. The summed E-state index contributed by atoms with van der Waals surface area (Å²) in [5.74, 6) is 0.870. The first kappa shape index (κ1) is 22.9. The average Bonchev–Trinajstić information content (AvgIpc) is 3.33. The third-order valence-electron chi connectivity index (χ3n) is 6.23. The van der Waals surface area contributed by atoms with Crippen molar-refractivity contribution in [2.75, 3.05) is 0 Å². The van der Waals surface area contributed by atoms with Crippen LogP contribution >= 0.6 is 11.6 Å². The number of urea groups is 1. The first-order valence-electron chi connectivity index (χ1n) is 11.4. The SMILES string of the molecule is CC1=C(c2nc(-c3cccc(C)c3)no2)C(c2ccc(C)cc2)NC(=O)N1Cc1ccccc1Cl. The molecule has 1 N–H and O–H groups in total. The number of nitrogens with zero attached hydrogens (tertiary/aromatic N) is 3. The van der Waals surface area contributed by atoms with Gasteiger partial charge in [0.15, 0.2) is 0 Å². The van der Waals surface area contributed by atoms with Gasteiger partial charge in [0.05, 0.1) is 18.2 Å². The van der Waals surface area contributed by atoms with Gasteiger partial charge < -0.3 is 9.84 Å². The summed E-state index contributed by atoms with van der Waals surface area (Å²) in [5.41, 5.74) is 6.40. The number of amides is 2. The average molecular weight is 485 g/mol. The normalized spacial score (nSPS) is 15.9. The van der Waals surface area contributed by atoms with Gasteiger partial charge in [-0.3, -0.25) is 4.90 Å². The van der Waals surface area contributed by atoms with Crippen molar-refractivity contribution in [3.8, 4) is 11.4 Å². The summed E-state index contributed by atoms with van der Waals surface area (Å²) in [6.45, 7) is 6.28. The van der Waals surface area contributed by atoms with E-state index in [4.69, 9.17) is 21.1 Å². The van der Waals surface area contributed by atoms with Crippen LogP contribution in [0.2, 0.25) is 5.02 Å². The molecule has 1 aliphatic heterocycles. The lowest BCUT2D eigenvalue weighted by molar-refractivity contribution is 0.203. The molecule has 1 aliphatic rings. The second kappa shape index (κ2) is 9.39. The van der Waals surface area contributed by atoms with Crippen LogP contribution in [-0.4, -0.2) is 21.1 Å². The zero-order valence-electron chi connectivity index (χ0n) is 19.7. The van der Waals surface area contributed by atoms with Crippen molar-refractivity contribution in [2.24, 2.45) is 0 Å². The molecule has 0 radical (unpaired) electrons. The Labute approximate surface area is 209 Å². The Morgan fingerprint density at radius 1 is 0.971 bits per heavy atom. The van der Waals surface area contributed by atoms with E-state index in [0.717, 1.165) is 39.1 Å². The van der Waals surface area contributed by atoms with Gasteiger partial charge in [-0.05, 0) is 44.0 Å². The van der Waals surface area contributed by atoms with Crippen LogP contribution < -0.4 is 5.32 Å². The number of hydrogen-bond donors (Lipinski definition) is 1. The predicted molar refractivity (Wildman–Crippen MR) is 137 cm³/mol. The number of benzene rings is 3. The molecule has 0 saturated carbocycles. The zero-order chi connectivity index (χ0) is 24.5. The Morgan fingerprint density at radius 3 is 2.49 bits per heavy atom. The molecule has 1 atom stereocenters. The molecular weight excluding hydrogens is 460 g/mol.